The molecule has 0 spiro atoms. The van der Waals surface area contributed by atoms with E-state index in [1.165, 1.54) is 10.5 Å². The summed E-state index contributed by atoms with van der Waals surface area (Å²) < 4.78 is 0. The van der Waals surface area contributed by atoms with Crippen LogP contribution >= 0.6 is 11.8 Å². The quantitative estimate of drug-likeness (QED) is 0.906. The second-order valence-electron chi connectivity index (χ2n) is 5.38. The molecule has 1 N–H and O–H groups in total. The molecule has 1 amide bonds. The number of hydrogen-bond donors (Lipinski definition) is 1. The Hall–Kier alpha value is -1.49. The summed E-state index contributed by atoms with van der Waals surface area (Å²) in [6.07, 6.45) is 2.22. The van der Waals surface area contributed by atoms with Crippen LogP contribution in [-0.4, -0.2) is 40.2 Å². The van der Waals surface area contributed by atoms with Gasteiger partial charge in [0, 0.05) is 18.0 Å². The van der Waals surface area contributed by atoms with Crippen LogP contribution in [0.1, 0.15) is 18.4 Å². The van der Waals surface area contributed by atoms with Crippen LogP contribution < -0.4 is 0 Å². The van der Waals surface area contributed by atoms with Crippen molar-refractivity contribution < 1.29 is 14.7 Å². The molecule has 5 heteroatoms. The van der Waals surface area contributed by atoms with E-state index in [0.29, 0.717) is 19.5 Å². The molecule has 1 aromatic carbocycles. The van der Waals surface area contributed by atoms with E-state index in [-0.39, 0.29) is 11.2 Å². The van der Waals surface area contributed by atoms with Crippen molar-refractivity contribution in [3.8, 4) is 0 Å². The van der Waals surface area contributed by atoms with Crippen molar-refractivity contribution in [2.24, 2.45) is 5.92 Å². The number of carboxylic acid groups (broad SMARTS) is 1. The molecule has 0 saturated carbocycles. The maximum Gasteiger partial charge on any atom is 0.308 e. The molecule has 4 nitrogen and oxygen atoms in total. The minimum absolute atomic E-state index is 0.0834. The van der Waals surface area contributed by atoms with Crippen LogP contribution in [0.3, 0.4) is 0 Å². The number of amides is 1. The van der Waals surface area contributed by atoms with Crippen molar-refractivity contribution in [1.82, 2.24) is 4.90 Å². The molecule has 2 heterocycles. The molecule has 0 bridgehead atoms. The highest BCUT2D eigenvalue weighted by atomic mass is 32.2. The molecule has 1 fully saturated rings. The van der Waals surface area contributed by atoms with Crippen molar-refractivity contribution >= 4 is 23.6 Å². The fourth-order valence-corrected chi connectivity index (χ4v) is 4.18. The van der Waals surface area contributed by atoms with Gasteiger partial charge < -0.3 is 10.0 Å². The Balaban J connectivity index is 1.67. The average Bonchev–Trinajstić information content (AvgIpc) is 2.90. The van der Waals surface area contributed by atoms with E-state index >= 15 is 0 Å². The van der Waals surface area contributed by atoms with Crippen LogP contribution in [-0.2, 0) is 16.0 Å². The summed E-state index contributed by atoms with van der Waals surface area (Å²) in [5.41, 5.74) is 1.22. The number of carboxylic acids is 1. The highest BCUT2D eigenvalue weighted by Crippen LogP contribution is 2.38. The van der Waals surface area contributed by atoms with Gasteiger partial charge in [-0.25, -0.2) is 0 Å². The lowest BCUT2D eigenvalue weighted by Crippen LogP contribution is -2.45. The van der Waals surface area contributed by atoms with Crippen LogP contribution in [0.2, 0.25) is 0 Å². The van der Waals surface area contributed by atoms with Crippen LogP contribution in [0, 0.1) is 5.92 Å². The molecule has 1 aromatic rings. The fraction of sp³-hybridized carbons (Fsp3) is 0.467. The van der Waals surface area contributed by atoms with Gasteiger partial charge >= 0.3 is 5.97 Å². The molecule has 0 aromatic heterocycles. The van der Waals surface area contributed by atoms with Gasteiger partial charge in [0.1, 0.15) is 0 Å². The van der Waals surface area contributed by atoms with Crippen molar-refractivity contribution in [2.75, 3.05) is 13.1 Å². The summed E-state index contributed by atoms with van der Waals surface area (Å²) in [6, 6.07) is 8.09. The van der Waals surface area contributed by atoms with Crippen molar-refractivity contribution in [1.29, 1.82) is 0 Å². The third-order valence-corrected chi connectivity index (χ3v) is 5.31. The first-order valence-electron chi connectivity index (χ1n) is 6.91. The van der Waals surface area contributed by atoms with E-state index < -0.39 is 11.9 Å². The summed E-state index contributed by atoms with van der Waals surface area (Å²) in [5, 5.41) is 9.02. The van der Waals surface area contributed by atoms with E-state index in [4.69, 9.17) is 5.11 Å². The SMILES string of the molecule is O=C(O)[C@H]1CCCN(C(=O)C2Cc3ccccc3S2)C1. The zero-order valence-corrected chi connectivity index (χ0v) is 11.9. The minimum atomic E-state index is -0.787. The van der Waals surface area contributed by atoms with Crippen LogP contribution in [0.4, 0.5) is 0 Å². The first-order valence-corrected chi connectivity index (χ1v) is 7.79. The predicted octanol–water partition coefficient (Wildman–Crippen LogP) is 2.03. The maximum atomic E-state index is 12.5. The Morgan fingerprint density at radius 3 is 2.85 bits per heavy atom. The first kappa shape index (κ1) is 13.5. The summed E-state index contributed by atoms with van der Waals surface area (Å²) >= 11 is 1.61. The number of fused-ring (bicyclic) bond motifs is 1. The fourth-order valence-electron chi connectivity index (χ4n) is 2.90. The molecule has 20 heavy (non-hydrogen) atoms. The summed E-state index contributed by atoms with van der Waals surface area (Å²) in [5.74, 6) is -1.09. The number of carbonyl (C=O) groups is 2. The molecule has 1 saturated heterocycles. The second-order valence-corrected chi connectivity index (χ2v) is 6.62. The van der Waals surface area contributed by atoms with Gasteiger partial charge in [-0.3, -0.25) is 9.59 Å². The zero-order chi connectivity index (χ0) is 14.1. The normalized spacial score (nSPS) is 25.3. The summed E-state index contributed by atoms with van der Waals surface area (Å²) in [6.45, 7) is 1.05. The largest absolute Gasteiger partial charge is 0.481 e. The monoisotopic (exact) mass is 291 g/mol. The first-order chi connectivity index (χ1) is 9.65. The third-order valence-electron chi connectivity index (χ3n) is 4.00. The zero-order valence-electron chi connectivity index (χ0n) is 11.1. The van der Waals surface area contributed by atoms with Crippen molar-refractivity contribution in [2.45, 2.75) is 29.4 Å². The lowest BCUT2D eigenvalue weighted by molar-refractivity contribution is -0.145. The maximum absolute atomic E-state index is 12.5. The summed E-state index contributed by atoms with van der Waals surface area (Å²) in [4.78, 5) is 26.5. The van der Waals surface area contributed by atoms with E-state index in [1.54, 1.807) is 16.7 Å². The molecule has 0 aliphatic carbocycles. The molecule has 2 atom stereocenters. The van der Waals surface area contributed by atoms with E-state index in [0.717, 1.165) is 12.8 Å². The smallest absolute Gasteiger partial charge is 0.308 e. The van der Waals surface area contributed by atoms with Crippen molar-refractivity contribution in [3.05, 3.63) is 29.8 Å². The standard InChI is InChI=1S/C15H17NO3S/c17-14(16-7-3-5-11(9-16)15(18)19)13-8-10-4-1-2-6-12(10)20-13/h1-2,4,6,11,13H,3,5,7-9H2,(H,18,19)/t11-,13?/m0/s1. The Bertz CT molecular complexity index is 521. The second kappa shape index (κ2) is 5.48. The Morgan fingerprint density at radius 1 is 1.30 bits per heavy atom. The van der Waals surface area contributed by atoms with Gasteiger partial charge in [-0.15, -0.1) is 11.8 Å². The number of thioether (sulfide) groups is 1. The Labute approximate surface area is 122 Å². The molecule has 2 aliphatic rings. The van der Waals surface area contributed by atoms with Gasteiger partial charge in [0.2, 0.25) is 5.91 Å². The number of hydrogen-bond acceptors (Lipinski definition) is 3. The van der Waals surface area contributed by atoms with Gasteiger partial charge in [-0.05, 0) is 30.9 Å². The molecule has 3 rings (SSSR count). The van der Waals surface area contributed by atoms with Gasteiger partial charge in [-0.2, -0.15) is 0 Å². The molecular formula is C15H17NO3S. The number of piperidine rings is 1. The summed E-state index contributed by atoms with van der Waals surface area (Å²) in [7, 11) is 0. The molecule has 1 unspecified atom stereocenters. The Kier molecular flexibility index (Phi) is 3.70. The topological polar surface area (TPSA) is 57.6 Å². The third kappa shape index (κ3) is 2.54. The van der Waals surface area contributed by atoms with Crippen LogP contribution in [0.25, 0.3) is 0 Å². The number of nitrogens with zero attached hydrogens (tertiary/aromatic N) is 1. The highest BCUT2D eigenvalue weighted by molar-refractivity contribution is 8.01. The number of aliphatic carboxylic acids is 1. The van der Waals surface area contributed by atoms with Gasteiger partial charge in [0.25, 0.3) is 0 Å². The minimum Gasteiger partial charge on any atom is -0.481 e. The van der Waals surface area contributed by atoms with E-state index in [1.807, 2.05) is 18.2 Å². The number of carbonyl (C=O) groups excluding carboxylic acids is 1. The van der Waals surface area contributed by atoms with Gasteiger partial charge in [-0.1, -0.05) is 18.2 Å². The van der Waals surface area contributed by atoms with Gasteiger partial charge in [0.05, 0.1) is 11.2 Å². The molecule has 106 valence electrons. The lowest BCUT2D eigenvalue weighted by Gasteiger charge is -2.32. The number of likely N-dealkylation sites (tertiary alicyclic amines) is 1. The van der Waals surface area contributed by atoms with Crippen LogP contribution in [0.15, 0.2) is 29.2 Å². The molecule has 2 aliphatic heterocycles. The predicted molar refractivity (Wildman–Crippen MR) is 76.7 cm³/mol. The number of benzene rings is 1. The molecular weight excluding hydrogens is 274 g/mol. The van der Waals surface area contributed by atoms with E-state index in [2.05, 4.69) is 6.07 Å². The van der Waals surface area contributed by atoms with Crippen molar-refractivity contribution in [3.63, 3.8) is 0 Å². The Morgan fingerprint density at radius 2 is 2.10 bits per heavy atom. The number of rotatable bonds is 2. The van der Waals surface area contributed by atoms with Gasteiger partial charge in [0.15, 0.2) is 0 Å². The average molecular weight is 291 g/mol. The van der Waals surface area contributed by atoms with Crippen LogP contribution in [0.5, 0.6) is 0 Å². The highest BCUT2D eigenvalue weighted by Gasteiger charge is 2.35. The lowest BCUT2D eigenvalue weighted by atomic mass is 9.97. The van der Waals surface area contributed by atoms with E-state index in [9.17, 15) is 9.59 Å². The molecule has 0 radical (unpaired) electrons.